The van der Waals surface area contributed by atoms with Crippen LogP contribution in [0, 0.1) is 0 Å². The van der Waals surface area contributed by atoms with Gasteiger partial charge in [-0.15, -0.1) is 5.10 Å². The molecule has 100 valence electrons. The quantitative estimate of drug-likeness (QED) is 0.615. The van der Waals surface area contributed by atoms with Crippen LogP contribution < -0.4 is 11.0 Å². The van der Waals surface area contributed by atoms with Crippen molar-refractivity contribution in [3.8, 4) is 5.69 Å². The summed E-state index contributed by atoms with van der Waals surface area (Å²) in [7, 11) is 0. The van der Waals surface area contributed by atoms with Crippen LogP contribution in [0.5, 0.6) is 0 Å². The van der Waals surface area contributed by atoms with E-state index in [1.807, 2.05) is 6.07 Å². The van der Waals surface area contributed by atoms with E-state index in [2.05, 4.69) is 30.6 Å². The van der Waals surface area contributed by atoms with Gasteiger partial charge in [0.15, 0.2) is 0 Å². The van der Waals surface area contributed by atoms with Crippen LogP contribution in [0.25, 0.3) is 5.69 Å². The Balaban J connectivity index is 1.89. The summed E-state index contributed by atoms with van der Waals surface area (Å²) in [6.45, 7) is 0. The lowest BCUT2D eigenvalue weighted by molar-refractivity contribution is 0.101. The number of benzene rings is 1. The maximum Gasteiger partial charge on any atom is 0.348 e. The van der Waals surface area contributed by atoms with Gasteiger partial charge in [-0.3, -0.25) is 15.1 Å². The lowest BCUT2D eigenvalue weighted by Gasteiger charge is -1.98. The number of nitrogens with zero attached hydrogens (tertiary/aromatic N) is 4. The van der Waals surface area contributed by atoms with Gasteiger partial charge in [0, 0.05) is 0 Å². The fraction of sp³-hybridized carbons (Fsp3) is 0. The first-order valence-electron chi connectivity index (χ1n) is 5.65. The van der Waals surface area contributed by atoms with E-state index in [9.17, 15) is 9.59 Å². The molecule has 1 aromatic carbocycles. The van der Waals surface area contributed by atoms with Crippen molar-refractivity contribution < 1.29 is 4.79 Å². The van der Waals surface area contributed by atoms with Gasteiger partial charge < -0.3 is 0 Å². The number of amides is 1. The second-order valence-electron chi connectivity index (χ2n) is 3.81. The zero-order valence-corrected chi connectivity index (χ0v) is 10.1. The van der Waals surface area contributed by atoms with Crippen LogP contribution in [-0.2, 0) is 0 Å². The van der Waals surface area contributed by atoms with Gasteiger partial charge in [-0.05, 0) is 12.1 Å². The molecule has 0 saturated heterocycles. The molecule has 0 aliphatic heterocycles. The third-order valence-electron chi connectivity index (χ3n) is 2.48. The molecule has 0 radical (unpaired) electrons. The Kier molecular flexibility index (Phi) is 2.84. The molecule has 3 aromatic rings. The standard InChI is InChI=1S/C11H9N7O2/c19-9(15-10-12-6-13-16-10)8-14-11(20)18(17-8)7-4-2-1-3-5-7/h1-6H,(H,14,17,20)(H2,12,13,15,16,19). The zero-order chi connectivity index (χ0) is 13.9. The molecule has 1 amide bonds. The minimum absolute atomic E-state index is 0.116. The SMILES string of the molecule is O=C(Nc1ncn[nH]1)c1nn(-c2ccccc2)c(=O)[nH]1. The van der Waals surface area contributed by atoms with Crippen LogP contribution in [0.4, 0.5) is 5.95 Å². The molecule has 2 aromatic heterocycles. The molecular weight excluding hydrogens is 262 g/mol. The summed E-state index contributed by atoms with van der Waals surface area (Å²) < 4.78 is 1.11. The van der Waals surface area contributed by atoms with Gasteiger partial charge in [0.25, 0.3) is 5.91 Å². The Hall–Kier alpha value is -3.23. The lowest BCUT2D eigenvalue weighted by atomic mass is 10.3. The molecule has 0 atom stereocenters. The number of hydrogen-bond acceptors (Lipinski definition) is 5. The van der Waals surface area contributed by atoms with Crippen molar-refractivity contribution in [1.29, 1.82) is 0 Å². The Bertz CT molecular complexity index is 773. The van der Waals surface area contributed by atoms with Gasteiger partial charge in [0.2, 0.25) is 11.8 Å². The summed E-state index contributed by atoms with van der Waals surface area (Å²) in [4.78, 5) is 29.8. The zero-order valence-electron chi connectivity index (χ0n) is 10.1. The molecule has 2 heterocycles. The summed E-state index contributed by atoms with van der Waals surface area (Å²) in [6.07, 6.45) is 1.25. The molecule has 0 aliphatic rings. The summed E-state index contributed by atoms with van der Waals surface area (Å²) in [5.74, 6) is -0.533. The highest BCUT2D eigenvalue weighted by Crippen LogP contribution is 2.03. The van der Waals surface area contributed by atoms with E-state index >= 15 is 0 Å². The van der Waals surface area contributed by atoms with E-state index in [1.54, 1.807) is 24.3 Å². The number of H-pyrrole nitrogens is 2. The van der Waals surface area contributed by atoms with Gasteiger partial charge in [0.05, 0.1) is 5.69 Å². The summed E-state index contributed by atoms with van der Waals surface area (Å²) in [6, 6.07) is 8.77. The minimum Gasteiger partial charge on any atom is -0.288 e. The van der Waals surface area contributed by atoms with Crippen molar-refractivity contribution in [2.24, 2.45) is 0 Å². The fourth-order valence-corrected chi connectivity index (χ4v) is 1.60. The molecule has 9 heteroatoms. The molecule has 3 rings (SSSR count). The lowest BCUT2D eigenvalue weighted by Crippen LogP contribution is -2.16. The first-order valence-corrected chi connectivity index (χ1v) is 5.65. The third-order valence-corrected chi connectivity index (χ3v) is 2.48. The van der Waals surface area contributed by atoms with E-state index in [0.29, 0.717) is 5.69 Å². The van der Waals surface area contributed by atoms with Gasteiger partial charge >= 0.3 is 5.69 Å². The van der Waals surface area contributed by atoms with Gasteiger partial charge in [-0.1, -0.05) is 18.2 Å². The first-order chi connectivity index (χ1) is 9.74. The number of aromatic nitrogens is 6. The Morgan fingerprint density at radius 3 is 2.75 bits per heavy atom. The molecule has 0 saturated carbocycles. The highest BCUT2D eigenvalue weighted by atomic mass is 16.2. The van der Waals surface area contributed by atoms with Crippen LogP contribution in [0.3, 0.4) is 0 Å². The average Bonchev–Trinajstić information content (AvgIpc) is 3.09. The average molecular weight is 271 g/mol. The number of anilines is 1. The van der Waals surface area contributed by atoms with Gasteiger partial charge in [-0.2, -0.15) is 14.8 Å². The smallest absolute Gasteiger partial charge is 0.288 e. The molecule has 20 heavy (non-hydrogen) atoms. The molecular formula is C11H9N7O2. The van der Waals surface area contributed by atoms with E-state index < -0.39 is 11.6 Å². The van der Waals surface area contributed by atoms with E-state index in [1.165, 1.54) is 6.33 Å². The number of para-hydroxylation sites is 1. The second-order valence-corrected chi connectivity index (χ2v) is 3.81. The maximum atomic E-state index is 11.9. The third kappa shape index (κ3) is 2.19. The Morgan fingerprint density at radius 2 is 2.05 bits per heavy atom. The fourth-order valence-electron chi connectivity index (χ4n) is 1.60. The van der Waals surface area contributed by atoms with Crippen LogP contribution in [0.1, 0.15) is 10.6 Å². The molecule has 0 unspecified atom stereocenters. The molecule has 0 fully saturated rings. The van der Waals surface area contributed by atoms with Gasteiger partial charge in [0.1, 0.15) is 6.33 Å². The Morgan fingerprint density at radius 1 is 1.25 bits per heavy atom. The summed E-state index contributed by atoms with van der Waals surface area (Å²) in [5.41, 5.74) is 0.0615. The van der Waals surface area contributed by atoms with Crippen molar-refractivity contribution in [2.45, 2.75) is 0 Å². The summed E-state index contributed by atoms with van der Waals surface area (Å²) >= 11 is 0. The van der Waals surface area contributed by atoms with Crippen LogP contribution in [0.2, 0.25) is 0 Å². The van der Waals surface area contributed by atoms with E-state index in [0.717, 1.165) is 4.68 Å². The van der Waals surface area contributed by atoms with Crippen molar-refractivity contribution in [1.82, 2.24) is 29.9 Å². The number of carbonyl (C=O) groups excluding carboxylic acids is 1. The van der Waals surface area contributed by atoms with E-state index in [4.69, 9.17) is 0 Å². The van der Waals surface area contributed by atoms with E-state index in [-0.39, 0.29) is 11.8 Å². The maximum absolute atomic E-state index is 11.9. The predicted molar refractivity (Wildman–Crippen MR) is 68.5 cm³/mol. The molecule has 0 spiro atoms. The van der Waals surface area contributed by atoms with Crippen LogP contribution in [-0.4, -0.2) is 35.9 Å². The number of carbonyl (C=O) groups is 1. The van der Waals surface area contributed by atoms with Crippen LogP contribution in [0.15, 0.2) is 41.5 Å². The topological polar surface area (TPSA) is 121 Å². The number of rotatable bonds is 3. The van der Waals surface area contributed by atoms with Crippen LogP contribution >= 0.6 is 0 Å². The van der Waals surface area contributed by atoms with Crippen molar-refractivity contribution in [3.63, 3.8) is 0 Å². The predicted octanol–water partition coefficient (Wildman–Crippen LogP) is -0.0690. The minimum atomic E-state index is -0.589. The normalized spacial score (nSPS) is 10.4. The Labute approximate surface area is 111 Å². The molecule has 0 aliphatic carbocycles. The monoisotopic (exact) mass is 271 g/mol. The summed E-state index contributed by atoms with van der Waals surface area (Å²) in [5, 5.41) is 12.4. The molecule has 9 nitrogen and oxygen atoms in total. The number of hydrogen-bond donors (Lipinski definition) is 3. The molecule has 3 N–H and O–H groups in total. The highest BCUT2D eigenvalue weighted by molar-refractivity contribution is 6.00. The highest BCUT2D eigenvalue weighted by Gasteiger charge is 2.15. The molecule has 0 bridgehead atoms. The van der Waals surface area contributed by atoms with Gasteiger partial charge in [-0.25, -0.2) is 9.89 Å². The van der Waals surface area contributed by atoms with Crippen molar-refractivity contribution in [3.05, 3.63) is 53.0 Å². The second kappa shape index (κ2) is 4.80. The number of nitrogens with one attached hydrogen (secondary N) is 3. The van der Waals surface area contributed by atoms with Crippen molar-refractivity contribution >= 4 is 11.9 Å². The van der Waals surface area contributed by atoms with Crippen molar-refractivity contribution in [2.75, 3.05) is 5.32 Å². The first kappa shape index (κ1) is 11.8. The largest absolute Gasteiger partial charge is 0.348 e. The number of aromatic amines is 2.